The summed E-state index contributed by atoms with van der Waals surface area (Å²) in [4.78, 5) is 48.9. The topological polar surface area (TPSA) is 188 Å². The molecule has 0 amide bonds. The molecule has 3 rings (SSSR count). The number of piperidine rings is 1. The van der Waals surface area contributed by atoms with Crippen molar-refractivity contribution >= 4 is 23.9 Å². The lowest BCUT2D eigenvalue weighted by Crippen LogP contribution is -2.67. The van der Waals surface area contributed by atoms with Crippen LogP contribution >= 0.6 is 0 Å². The van der Waals surface area contributed by atoms with E-state index in [0.29, 0.717) is 13.0 Å². The zero-order valence-corrected chi connectivity index (χ0v) is 20.5. The second-order valence-electron chi connectivity index (χ2n) is 9.07. The molecule has 0 aliphatic carbocycles. The van der Waals surface area contributed by atoms with Gasteiger partial charge < -0.3 is 43.7 Å². The monoisotopic (exact) mass is 519 g/mol. The molecule has 0 aromatic rings. The Labute approximate surface area is 207 Å². The Hall–Kier alpha value is -2.36. The first-order chi connectivity index (χ1) is 16.9. The van der Waals surface area contributed by atoms with Gasteiger partial charge in [-0.2, -0.15) is 0 Å². The van der Waals surface area contributed by atoms with Gasteiger partial charge in [0.1, 0.15) is 24.9 Å². The summed E-state index contributed by atoms with van der Waals surface area (Å²) in [5.74, 6) is -3.06. The van der Waals surface area contributed by atoms with Crippen LogP contribution < -0.4 is 0 Å². The number of hydrogen-bond donors (Lipinski definition) is 3. The largest absolute Gasteiger partial charge is 0.463 e. The van der Waals surface area contributed by atoms with Gasteiger partial charge in [0.05, 0.1) is 18.2 Å². The van der Waals surface area contributed by atoms with Crippen molar-refractivity contribution in [3.05, 3.63) is 0 Å². The molecule has 3 aliphatic rings. The number of hydrogen-bond acceptors (Lipinski definition) is 14. The van der Waals surface area contributed by atoms with Crippen molar-refractivity contribution in [1.82, 2.24) is 4.90 Å². The van der Waals surface area contributed by atoms with E-state index in [2.05, 4.69) is 0 Å². The van der Waals surface area contributed by atoms with E-state index in [1.54, 1.807) is 4.90 Å². The summed E-state index contributed by atoms with van der Waals surface area (Å²) < 4.78 is 32.8. The Morgan fingerprint density at radius 3 is 1.97 bits per heavy atom. The summed E-state index contributed by atoms with van der Waals surface area (Å²) >= 11 is 0. The van der Waals surface area contributed by atoms with Gasteiger partial charge in [0, 0.05) is 40.8 Å². The Balaban J connectivity index is 1.94. The van der Waals surface area contributed by atoms with Gasteiger partial charge in [-0.05, 0) is 6.42 Å². The predicted octanol–water partition coefficient (Wildman–Crippen LogP) is -2.37. The quantitative estimate of drug-likeness (QED) is 0.239. The molecule has 0 aromatic carbocycles. The van der Waals surface area contributed by atoms with Crippen LogP contribution in [0.1, 0.15) is 34.1 Å². The normalized spacial score (nSPS) is 38.5. The molecule has 0 bridgehead atoms. The minimum atomic E-state index is -1.55. The lowest BCUT2D eigenvalue weighted by molar-refractivity contribution is -0.333. The van der Waals surface area contributed by atoms with Crippen LogP contribution in [0.15, 0.2) is 0 Å². The number of fused-ring (bicyclic) bond motifs is 1. The number of esters is 4. The van der Waals surface area contributed by atoms with Crippen molar-refractivity contribution < 1.29 is 62.9 Å². The van der Waals surface area contributed by atoms with Gasteiger partial charge in [0.25, 0.3) is 0 Å². The highest BCUT2D eigenvalue weighted by Crippen LogP contribution is 2.34. The van der Waals surface area contributed by atoms with Crippen LogP contribution in [0, 0.1) is 0 Å². The van der Waals surface area contributed by atoms with Crippen LogP contribution in [0.4, 0.5) is 0 Å². The van der Waals surface area contributed by atoms with Crippen LogP contribution in [0.5, 0.6) is 0 Å². The minimum Gasteiger partial charge on any atom is -0.463 e. The van der Waals surface area contributed by atoms with E-state index in [1.807, 2.05) is 0 Å². The van der Waals surface area contributed by atoms with Crippen LogP contribution in [0.3, 0.4) is 0 Å². The molecule has 0 spiro atoms. The number of ether oxygens (including phenoxy) is 6. The maximum absolute atomic E-state index is 11.9. The van der Waals surface area contributed by atoms with Crippen molar-refractivity contribution in [2.45, 2.75) is 95.3 Å². The number of carbonyl (C=O) groups excluding carboxylic acids is 4. The van der Waals surface area contributed by atoms with Crippen LogP contribution in [-0.4, -0.2) is 125 Å². The highest BCUT2D eigenvalue weighted by atomic mass is 16.7. The van der Waals surface area contributed by atoms with E-state index in [9.17, 15) is 34.5 Å². The van der Waals surface area contributed by atoms with Gasteiger partial charge >= 0.3 is 23.9 Å². The maximum Gasteiger partial charge on any atom is 0.303 e. The fourth-order valence-electron chi connectivity index (χ4n) is 4.91. The van der Waals surface area contributed by atoms with Gasteiger partial charge in [-0.15, -0.1) is 0 Å². The molecular formula is C22H33NO13. The molecule has 3 saturated heterocycles. The molecule has 0 aromatic heterocycles. The molecular weight excluding hydrogens is 486 g/mol. The first-order valence-electron chi connectivity index (χ1n) is 11.6. The lowest BCUT2D eigenvalue weighted by atomic mass is 9.92. The summed E-state index contributed by atoms with van der Waals surface area (Å²) in [5, 5.41) is 31.9. The molecule has 3 N–H and O–H groups in total. The SMILES string of the molecule is CC(=O)OC[C@H]1O[C@@H](O[C@H]2[C@H](O)[C@H]3[C@@H](O)CCN3C[C@@H]2O)[C@H](OC(C)=O)[C@@H](OC(C)=O)[C@@H]1OC(C)=O. The average Bonchev–Trinajstić information content (AvgIpc) is 3.12. The lowest BCUT2D eigenvalue weighted by Gasteiger charge is -2.48. The van der Waals surface area contributed by atoms with Crippen molar-refractivity contribution in [2.24, 2.45) is 0 Å². The zero-order chi connectivity index (χ0) is 26.7. The highest BCUT2D eigenvalue weighted by Gasteiger charge is 2.56. The molecule has 3 heterocycles. The predicted molar refractivity (Wildman–Crippen MR) is 115 cm³/mol. The van der Waals surface area contributed by atoms with Crippen molar-refractivity contribution in [3.63, 3.8) is 0 Å². The van der Waals surface area contributed by atoms with E-state index < -0.39 is 91.6 Å². The van der Waals surface area contributed by atoms with E-state index in [1.165, 1.54) is 0 Å². The summed E-state index contributed by atoms with van der Waals surface area (Å²) in [7, 11) is 0. The molecule has 14 heteroatoms. The van der Waals surface area contributed by atoms with Gasteiger partial charge in [0.2, 0.25) is 0 Å². The Kier molecular flexibility index (Phi) is 9.24. The number of nitrogens with zero attached hydrogens (tertiary/aromatic N) is 1. The van der Waals surface area contributed by atoms with Gasteiger partial charge in [0.15, 0.2) is 24.6 Å². The van der Waals surface area contributed by atoms with E-state index in [0.717, 1.165) is 27.7 Å². The molecule has 0 radical (unpaired) electrons. The molecule has 10 atom stereocenters. The third kappa shape index (κ3) is 6.49. The third-order valence-corrected chi connectivity index (χ3v) is 6.25. The second-order valence-corrected chi connectivity index (χ2v) is 9.07. The summed E-state index contributed by atoms with van der Waals surface area (Å²) in [6, 6.07) is -0.705. The third-order valence-electron chi connectivity index (χ3n) is 6.25. The van der Waals surface area contributed by atoms with Gasteiger partial charge in [-0.25, -0.2) is 0 Å². The van der Waals surface area contributed by atoms with Gasteiger partial charge in [-0.3, -0.25) is 24.1 Å². The Morgan fingerprint density at radius 2 is 1.39 bits per heavy atom. The minimum absolute atomic E-state index is 0.0920. The smallest absolute Gasteiger partial charge is 0.303 e. The number of aliphatic hydroxyl groups excluding tert-OH is 3. The van der Waals surface area contributed by atoms with Crippen molar-refractivity contribution in [1.29, 1.82) is 0 Å². The molecule has 3 fully saturated rings. The molecule has 36 heavy (non-hydrogen) atoms. The molecule has 204 valence electrons. The number of carbonyl (C=O) groups is 4. The van der Waals surface area contributed by atoms with Crippen LogP contribution in [-0.2, 0) is 47.6 Å². The van der Waals surface area contributed by atoms with E-state index in [-0.39, 0.29) is 6.54 Å². The number of aliphatic hydroxyl groups is 3. The first-order valence-corrected chi connectivity index (χ1v) is 11.6. The molecule has 0 saturated carbocycles. The fraction of sp³-hybridized carbons (Fsp3) is 0.818. The highest BCUT2D eigenvalue weighted by molar-refractivity contribution is 5.68. The Morgan fingerprint density at radius 1 is 0.806 bits per heavy atom. The molecule has 14 nitrogen and oxygen atoms in total. The summed E-state index contributed by atoms with van der Waals surface area (Å²) in [6.07, 6.45) is -11.4. The van der Waals surface area contributed by atoms with Crippen LogP contribution in [0.2, 0.25) is 0 Å². The molecule has 3 aliphatic heterocycles. The maximum atomic E-state index is 11.9. The molecule has 0 unspecified atom stereocenters. The Bertz CT molecular complexity index is 837. The second kappa shape index (κ2) is 11.8. The van der Waals surface area contributed by atoms with Crippen LogP contribution in [0.25, 0.3) is 0 Å². The van der Waals surface area contributed by atoms with E-state index >= 15 is 0 Å². The van der Waals surface area contributed by atoms with Crippen molar-refractivity contribution in [2.75, 3.05) is 19.7 Å². The average molecular weight is 520 g/mol. The zero-order valence-electron chi connectivity index (χ0n) is 20.5. The first kappa shape index (κ1) is 28.2. The van der Waals surface area contributed by atoms with E-state index in [4.69, 9.17) is 28.4 Å². The summed E-state index contributed by atoms with van der Waals surface area (Å²) in [6.45, 7) is 4.56. The van der Waals surface area contributed by atoms with Gasteiger partial charge in [-0.1, -0.05) is 0 Å². The number of rotatable bonds is 7. The van der Waals surface area contributed by atoms with Crippen molar-refractivity contribution in [3.8, 4) is 0 Å². The fourth-order valence-corrected chi connectivity index (χ4v) is 4.91. The summed E-state index contributed by atoms with van der Waals surface area (Å²) in [5.41, 5.74) is 0. The standard InChI is InChI=1S/C22H33NO13/c1-9(24)31-8-15-19(32-10(2)25)20(33-11(3)26)21(34-12(4)27)22(35-15)36-18-14(29)7-23-6-5-13(28)16(23)17(18)30/h13-22,28-30H,5-8H2,1-4H3/t13-,14-,15+,16+,17+,18+,19+,20-,21+,22-/m0/s1.